The molecule has 1 rings (SSSR count). The second kappa shape index (κ2) is 9.63. The quantitative estimate of drug-likeness (QED) is 0.508. The molecule has 0 unspecified atom stereocenters. The van der Waals surface area contributed by atoms with E-state index in [1.54, 1.807) is 24.3 Å². The van der Waals surface area contributed by atoms with Gasteiger partial charge in [-0.3, -0.25) is 9.59 Å². The van der Waals surface area contributed by atoms with Gasteiger partial charge in [-0.05, 0) is 44.0 Å². The molecule has 0 spiro atoms. The minimum atomic E-state index is -0.643. The van der Waals surface area contributed by atoms with Crippen molar-refractivity contribution in [3.63, 3.8) is 0 Å². The molecule has 6 N–H and O–H groups in total. The van der Waals surface area contributed by atoms with Crippen molar-refractivity contribution in [2.75, 3.05) is 17.2 Å². The van der Waals surface area contributed by atoms with E-state index in [0.717, 1.165) is 0 Å². The predicted octanol–water partition coefficient (Wildman–Crippen LogP) is 1.25. The number of rotatable bonds is 7. The summed E-state index contributed by atoms with van der Waals surface area (Å²) in [6, 6.07) is 5.75. The molecule has 25 heavy (non-hydrogen) atoms. The van der Waals surface area contributed by atoms with Gasteiger partial charge in [0.05, 0.1) is 12.6 Å². The summed E-state index contributed by atoms with van der Waals surface area (Å²) in [6.07, 6.45) is 0. The maximum Gasteiger partial charge on any atom is 0.319 e. The molecule has 4 amide bonds. The van der Waals surface area contributed by atoms with Crippen LogP contribution >= 0.6 is 0 Å². The van der Waals surface area contributed by atoms with Gasteiger partial charge < -0.3 is 27.0 Å². The Morgan fingerprint density at radius 1 is 0.960 bits per heavy atom. The minimum absolute atomic E-state index is 0.00370. The van der Waals surface area contributed by atoms with Gasteiger partial charge in [0, 0.05) is 17.4 Å². The lowest BCUT2D eigenvalue weighted by Crippen LogP contribution is -2.46. The normalized spacial score (nSPS) is 11.8. The van der Waals surface area contributed by atoms with E-state index in [0.29, 0.717) is 11.4 Å². The monoisotopic (exact) mass is 349 g/mol. The standard InChI is InChI=1S/C17H27N5O3/c1-10(2)15(18)16(24)19-9-14(23)21-12-5-7-13(8-6-12)22-17(25)20-11(3)4/h5-8,10-11,15H,9,18H2,1-4H3,(H,19,24)(H,21,23)(H2,20,22,25)/t15-/m0/s1. The van der Waals surface area contributed by atoms with Crippen LogP contribution in [0.4, 0.5) is 16.2 Å². The summed E-state index contributed by atoms with van der Waals surface area (Å²) in [7, 11) is 0. The molecule has 0 fully saturated rings. The maximum absolute atomic E-state index is 11.8. The Morgan fingerprint density at radius 2 is 1.48 bits per heavy atom. The molecule has 0 aliphatic heterocycles. The Balaban J connectivity index is 2.45. The fourth-order valence-electron chi connectivity index (χ4n) is 1.86. The zero-order valence-electron chi connectivity index (χ0n) is 15.1. The molecule has 8 heteroatoms. The third kappa shape index (κ3) is 7.67. The number of carbonyl (C=O) groups excluding carboxylic acids is 3. The molecule has 1 atom stereocenters. The van der Waals surface area contributed by atoms with Crippen LogP contribution in [0.15, 0.2) is 24.3 Å². The van der Waals surface area contributed by atoms with Gasteiger partial charge in [0.2, 0.25) is 11.8 Å². The first-order valence-electron chi connectivity index (χ1n) is 8.19. The average Bonchev–Trinajstić information content (AvgIpc) is 2.52. The van der Waals surface area contributed by atoms with Gasteiger partial charge in [0.25, 0.3) is 0 Å². The molecular formula is C17H27N5O3. The Kier molecular flexibility index (Phi) is 7.87. The first-order chi connectivity index (χ1) is 11.7. The summed E-state index contributed by atoms with van der Waals surface area (Å²) in [6.45, 7) is 7.24. The van der Waals surface area contributed by atoms with Crippen LogP contribution in [0.2, 0.25) is 0 Å². The summed E-state index contributed by atoms with van der Waals surface area (Å²) >= 11 is 0. The Morgan fingerprint density at radius 3 is 1.96 bits per heavy atom. The van der Waals surface area contributed by atoms with Crippen LogP contribution in [-0.2, 0) is 9.59 Å². The molecule has 0 saturated heterocycles. The predicted molar refractivity (Wildman–Crippen MR) is 98.2 cm³/mol. The molecule has 0 aliphatic rings. The summed E-state index contributed by atoms with van der Waals surface area (Å²) in [5.41, 5.74) is 6.86. The molecule has 0 aromatic heterocycles. The van der Waals surface area contributed by atoms with Crippen molar-refractivity contribution in [3.8, 4) is 0 Å². The molecule has 1 aromatic carbocycles. The zero-order chi connectivity index (χ0) is 19.0. The summed E-state index contributed by atoms with van der Waals surface area (Å²) < 4.78 is 0. The van der Waals surface area contributed by atoms with Crippen molar-refractivity contribution in [2.24, 2.45) is 11.7 Å². The van der Waals surface area contributed by atoms with Crippen LogP contribution in [0.25, 0.3) is 0 Å². The van der Waals surface area contributed by atoms with Gasteiger partial charge in [-0.15, -0.1) is 0 Å². The molecule has 0 heterocycles. The SMILES string of the molecule is CC(C)NC(=O)Nc1ccc(NC(=O)CNC(=O)[C@@H](N)C(C)C)cc1. The molecule has 0 saturated carbocycles. The van der Waals surface area contributed by atoms with E-state index in [2.05, 4.69) is 21.3 Å². The number of carbonyl (C=O) groups is 3. The highest BCUT2D eigenvalue weighted by Crippen LogP contribution is 2.13. The Hall–Kier alpha value is -2.61. The van der Waals surface area contributed by atoms with E-state index in [-0.39, 0.29) is 36.3 Å². The first-order valence-corrected chi connectivity index (χ1v) is 8.19. The third-order valence-electron chi connectivity index (χ3n) is 3.29. The number of anilines is 2. The number of hydrogen-bond acceptors (Lipinski definition) is 4. The molecule has 8 nitrogen and oxygen atoms in total. The zero-order valence-corrected chi connectivity index (χ0v) is 15.1. The number of benzene rings is 1. The minimum Gasteiger partial charge on any atom is -0.346 e. The molecule has 0 aliphatic carbocycles. The number of amides is 4. The second-order valence-corrected chi connectivity index (χ2v) is 6.37. The highest BCUT2D eigenvalue weighted by molar-refractivity contribution is 5.95. The molecular weight excluding hydrogens is 322 g/mol. The number of nitrogens with one attached hydrogen (secondary N) is 4. The fraction of sp³-hybridized carbons (Fsp3) is 0.471. The van der Waals surface area contributed by atoms with Crippen molar-refractivity contribution < 1.29 is 14.4 Å². The number of urea groups is 1. The average molecular weight is 349 g/mol. The number of hydrogen-bond donors (Lipinski definition) is 5. The van der Waals surface area contributed by atoms with Gasteiger partial charge in [0.15, 0.2) is 0 Å². The van der Waals surface area contributed by atoms with Crippen LogP contribution in [-0.4, -0.2) is 36.5 Å². The maximum atomic E-state index is 11.8. The lowest BCUT2D eigenvalue weighted by Gasteiger charge is -2.15. The largest absolute Gasteiger partial charge is 0.346 e. The van der Waals surface area contributed by atoms with Gasteiger partial charge in [-0.1, -0.05) is 13.8 Å². The van der Waals surface area contributed by atoms with Crippen LogP contribution in [0.1, 0.15) is 27.7 Å². The van der Waals surface area contributed by atoms with Crippen LogP contribution in [0.5, 0.6) is 0 Å². The van der Waals surface area contributed by atoms with Crippen molar-refractivity contribution >= 4 is 29.2 Å². The van der Waals surface area contributed by atoms with E-state index in [9.17, 15) is 14.4 Å². The van der Waals surface area contributed by atoms with E-state index >= 15 is 0 Å². The summed E-state index contributed by atoms with van der Waals surface area (Å²) in [4.78, 5) is 35.1. The van der Waals surface area contributed by atoms with Gasteiger partial charge in [0.1, 0.15) is 0 Å². The molecule has 138 valence electrons. The van der Waals surface area contributed by atoms with Gasteiger partial charge in [-0.2, -0.15) is 0 Å². The molecule has 1 aromatic rings. The van der Waals surface area contributed by atoms with E-state index < -0.39 is 6.04 Å². The topological polar surface area (TPSA) is 125 Å². The van der Waals surface area contributed by atoms with Crippen molar-refractivity contribution in [2.45, 2.75) is 39.8 Å². The van der Waals surface area contributed by atoms with Gasteiger partial charge >= 0.3 is 6.03 Å². The van der Waals surface area contributed by atoms with Crippen molar-refractivity contribution in [3.05, 3.63) is 24.3 Å². The third-order valence-corrected chi connectivity index (χ3v) is 3.29. The van der Waals surface area contributed by atoms with Crippen LogP contribution < -0.4 is 27.0 Å². The Bertz CT molecular complexity index is 599. The Labute approximate surface area is 147 Å². The van der Waals surface area contributed by atoms with Crippen molar-refractivity contribution in [1.29, 1.82) is 0 Å². The lowest BCUT2D eigenvalue weighted by atomic mass is 10.1. The van der Waals surface area contributed by atoms with E-state index in [4.69, 9.17) is 5.73 Å². The molecule has 0 radical (unpaired) electrons. The van der Waals surface area contributed by atoms with E-state index in [1.165, 1.54) is 0 Å². The fourth-order valence-corrected chi connectivity index (χ4v) is 1.86. The first kappa shape index (κ1) is 20.4. The highest BCUT2D eigenvalue weighted by Gasteiger charge is 2.17. The second-order valence-electron chi connectivity index (χ2n) is 6.37. The van der Waals surface area contributed by atoms with Crippen molar-refractivity contribution in [1.82, 2.24) is 10.6 Å². The summed E-state index contributed by atoms with van der Waals surface area (Å²) in [5, 5.41) is 10.5. The van der Waals surface area contributed by atoms with Crippen LogP contribution in [0, 0.1) is 5.92 Å². The summed E-state index contributed by atoms with van der Waals surface area (Å²) in [5.74, 6) is -0.723. The smallest absolute Gasteiger partial charge is 0.319 e. The van der Waals surface area contributed by atoms with Crippen LogP contribution in [0.3, 0.4) is 0 Å². The van der Waals surface area contributed by atoms with Gasteiger partial charge in [-0.25, -0.2) is 4.79 Å². The highest BCUT2D eigenvalue weighted by atomic mass is 16.2. The molecule has 0 bridgehead atoms. The number of nitrogens with two attached hydrogens (primary N) is 1. The lowest BCUT2D eigenvalue weighted by molar-refractivity contribution is -0.125. The van der Waals surface area contributed by atoms with E-state index in [1.807, 2.05) is 27.7 Å².